The average Bonchev–Trinajstić information content (AvgIpc) is 3.06. The molecule has 3 rings (SSSR count). The lowest BCUT2D eigenvalue weighted by Gasteiger charge is -2.27. The predicted octanol–water partition coefficient (Wildman–Crippen LogP) is 2.36. The van der Waals surface area contributed by atoms with Gasteiger partial charge in [0.1, 0.15) is 23.7 Å². The van der Waals surface area contributed by atoms with E-state index >= 15 is 0 Å². The third kappa shape index (κ3) is 3.78. The van der Waals surface area contributed by atoms with Crippen LogP contribution >= 0.6 is 0 Å². The molecule has 0 N–H and O–H groups in total. The first-order chi connectivity index (χ1) is 11.6. The molecule has 4 unspecified atom stereocenters. The quantitative estimate of drug-likeness (QED) is 0.462. The summed E-state index contributed by atoms with van der Waals surface area (Å²) in [6, 6.07) is 6.35. The molecule has 0 spiro atoms. The minimum Gasteiger partial charge on any atom is -0.460 e. The van der Waals surface area contributed by atoms with Crippen LogP contribution in [0.2, 0.25) is 0 Å². The molecule has 2 bridgehead atoms. The maximum absolute atomic E-state index is 12.6. The standard InChI is InChI=1S/C18H22O6S/c1-11-5-7-12(8-6-11)25(20,21)24-16-14-10-9-13(22-14)15(16)17(19)23-18(2,3)4/h5-10,13-16H,1-4H3. The van der Waals surface area contributed by atoms with Gasteiger partial charge >= 0.3 is 5.97 Å². The van der Waals surface area contributed by atoms with Crippen molar-refractivity contribution in [2.45, 2.75) is 56.5 Å². The number of benzene rings is 1. The maximum Gasteiger partial charge on any atom is 0.315 e. The van der Waals surface area contributed by atoms with E-state index in [0.717, 1.165) is 5.56 Å². The van der Waals surface area contributed by atoms with E-state index in [1.807, 2.05) is 6.92 Å². The number of aryl methyl sites for hydroxylation is 1. The number of hydrogen-bond acceptors (Lipinski definition) is 6. The fourth-order valence-corrected chi connectivity index (χ4v) is 4.04. The van der Waals surface area contributed by atoms with E-state index in [-0.39, 0.29) is 4.90 Å². The molecule has 6 nitrogen and oxygen atoms in total. The van der Waals surface area contributed by atoms with Crippen LogP contribution in [0.1, 0.15) is 26.3 Å². The Morgan fingerprint density at radius 1 is 1.08 bits per heavy atom. The molecular formula is C18H22O6S. The summed E-state index contributed by atoms with van der Waals surface area (Å²) in [6.07, 6.45) is 1.43. The van der Waals surface area contributed by atoms with Crippen molar-refractivity contribution in [2.24, 2.45) is 5.92 Å². The second kappa shape index (κ2) is 6.23. The summed E-state index contributed by atoms with van der Waals surface area (Å²) in [7, 11) is -4.01. The van der Waals surface area contributed by atoms with Crippen LogP contribution in [0.5, 0.6) is 0 Å². The van der Waals surface area contributed by atoms with Crippen LogP contribution in [0.25, 0.3) is 0 Å². The molecule has 0 radical (unpaired) electrons. The van der Waals surface area contributed by atoms with Crippen molar-refractivity contribution in [3.8, 4) is 0 Å². The Hall–Kier alpha value is -1.70. The van der Waals surface area contributed by atoms with Gasteiger partial charge in [0.05, 0.1) is 11.0 Å². The lowest BCUT2D eigenvalue weighted by molar-refractivity contribution is -0.163. The topological polar surface area (TPSA) is 78.9 Å². The number of ether oxygens (including phenoxy) is 2. The zero-order valence-corrected chi connectivity index (χ0v) is 15.4. The molecule has 2 aliphatic rings. The van der Waals surface area contributed by atoms with Crippen molar-refractivity contribution in [3.05, 3.63) is 42.0 Å². The highest BCUT2D eigenvalue weighted by Crippen LogP contribution is 2.39. The van der Waals surface area contributed by atoms with E-state index in [1.165, 1.54) is 12.1 Å². The SMILES string of the molecule is Cc1ccc(S(=O)(=O)OC2C3C=CC(O3)C2C(=O)OC(C)(C)C)cc1. The summed E-state index contributed by atoms with van der Waals surface area (Å²) in [4.78, 5) is 12.6. The van der Waals surface area contributed by atoms with Crippen LogP contribution in [-0.2, 0) is 28.6 Å². The van der Waals surface area contributed by atoms with E-state index in [2.05, 4.69) is 0 Å². The summed E-state index contributed by atoms with van der Waals surface area (Å²) in [6.45, 7) is 7.14. The van der Waals surface area contributed by atoms with E-state index in [0.29, 0.717) is 0 Å². The summed E-state index contributed by atoms with van der Waals surface area (Å²) in [5.41, 5.74) is 0.264. The van der Waals surface area contributed by atoms with Gasteiger partial charge in [-0.15, -0.1) is 0 Å². The Morgan fingerprint density at radius 3 is 2.28 bits per heavy atom. The van der Waals surface area contributed by atoms with Crippen LogP contribution in [0.4, 0.5) is 0 Å². The molecule has 0 aliphatic carbocycles. The van der Waals surface area contributed by atoms with Gasteiger partial charge in [0.2, 0.25) is 0 Å². The largest absolute Gasteiger partial charge is 0.460 e. The van der Waals surface area contributed by atoms with Crippen molar-refractivity contribution in [2.75, 3.05) is 0 Å². The van der Waals surface area contributed by atoms with Crippen LogP contribution in [-0.4, -0.2) is 38.3 Å². The third-order valence-electron chi connectivity index (χ3n) is 4.06. The molecule has 2 heterocycles. The van der Waals surface area contributed by atoms with Gasteiger partial charge in [-0.2, -0.15) is 8.42 Å². The van der Waals surface area contributed by atoms with Gasteiger partial charge in [0.15, 0.2) is 0 Å². The Morgan fingerprint density at radius 2 is 1.68 bits per heavy atom. The molecule has 25 heavy (non-hydrogen) atoms. The molecule has 2 aliphatic heterocycles. The van der Waals surface area contributed by atoms with Crippen molar-refractivity contribution in [1.29, 1.82) is 0 Å². The van der Waals surface area contributed by atoms with Crippen molar-refractivity contribution in [1.82, 2.24) is 0 Å². The minimum atomic E-state index is -4.01. The number of hydrogen-bond donors (Lipinski definition) is 0. The molecule has 1 aromatic carbocycles. The smallest absolute Gasteiger partial charge is 0.315 e. The van der Waals surface area contributed by atoms with Gasteiger partial charge < -0.3 is 9.47 Å². The number of fused-ring (bicyclic) bond motifs is 2. The molecule has 1 aromatic rings. The molecular weight excluding hydrogens is 344 g/mol. The van der Waals surface area contributed by atoms with Gasteiger partial charge in [-0.3, -0.25) is 8.98 Å². The molecule has 136 valence electrons. The Kier molecular flexibility index (Phi) is 4.51. The van der Waals surface area contributed by atoms with Gasteiger partial charge in [0.25, 0.3) is 10.1 Å². The second-order valence-corrected chi connectivity index (χ2v) is 8.91. The van der Waals surface area contributed by atoms with E-state index in [1.54, 1.807) is 45.1 Å². The summed E-state index contributed by atoms with van der Waals surface area (Å²) in [5, 5.41) is 0. The second-order valence-electron chi connectivity index (χ2n) is 7.34. The van der Waals surface area contributed by atoms with Crippen LogP contribution < -0.4 is 0 Å². The zero-order chi connectivity index (χ0) is 18.4. The van der Waals surface area contributed by atoms with E-state index in [4.69, 9.17) is 13.7 Å². The Balaban J connectivity index is 1.83. The van der Waals surface area contributed by atoms with Crippen molar-refractivity contribution < 1.29 is 26.9 Å². The monoisotopic (exact) mass is 366 g/mol. The maximum atomic E-state index is 12.6. The lowest BCUT2D eigenvalue weighted by atomic mass is 9.91. The zero-order valence-electron chi connectivity index (χ0n) is 14.6. The molecule has 0 aromatic heterocycles. The van der Waals surface area contributed by atoms with Crippen molar-refractivity contribution in [3.63, 3.8) is 0 Å². The van der Waals surface area contributed by atoms with E-state index < -0.39 is 45.9 Å². The fraction of sp³-hybridized carbons (Fsp3) is 0.500. The first-order valence-electron chi connectivity index (χ1n) is 8.13. The summed E-state index contributed by atoms with van der Waals surface area (Å²) < 4.78 is 41.6. The Labute approximate surface area is 147 Å². The molecule has 1 saturated heterocycles. The number of esters is 1. The predicted molar refractivity (Wildman–Crippen MR) is 90.4 cm³/mol. The number of carbonyl (C=O) groups is 1. The number of rotatable bonds is 4. The van der Waals surface area contributed by atoms with Crippen LogP contribution in [0.15, 0.2) is 41.3 Å². The first-order valence-corrected chi connectivity index (χ1v) is 9.54. The summed E-state index contributed by atoms with van der Waals surface area (Å²) >= 11 is 0. The minimum absolute atomic E-state index is 0.0489. The van der Waals surface area contributed by atoms with Gasteiger partial charge in [-0.1, -0.05) is 29.8 Å². The normalized spacial score (nSPS) is 28.3. The molecule has 7 heteroatoms. The highest BCUT2D eigenvalue weighted by Gasteiger charge is 2.53. The highest BCUT2D eigenvalue weighted by atomic mass is 32.2. The molecule has 0 saturated carbocycles. The van der Waals surface area contributed by atoms with Crippen LogP contribution in [0, 0.1) is 12.8 Å². The molecule has 0 amide bonds. The van der Waals surface area contributed by atoms with Gasteiger partial charge in [-0.05, 0) is 39.8 Å². The Bertz CT molecular complexity index is 788. The fourth-order valence-electron chi connectivity index (χ4n) is 2.93. The first kappa shape index (κ1) is 18.1. The highest BCUT2D eigenvalue weighted by molar-refractivity contribution is 7.86. The number of carbonyl (C=O) groups excluding carboxylic acids is 1. The lowest BCUT2D eigenvalue weighted by Crippen LogP contribution is -2.42. The van der Waals surface area contributed by atoms with Crippen LogP contribution in [0.3, 0.4) is 0 Å². The molecule has 4 atom stereocenters. The van der Waals surface area contributed by atoms with Gasteiger partial charge in [-0.25, -0.2) is 0 Å². The van der Waals surface area contributed by atoms with E-state index in [9.17, 15) is 13.2 Å². The third-order valence-corrected chi connectivity index (χ3v) is 5.39. The summed E-state index contributed by atoms with van der Waals surface area (Å²) in [5.74, 6) is -1.33. The van der Waals surface area contributed by atoms with Crippen molar-refractivity contribution >= 4 is 16.1 Å². The van der Waals surface area contributed by atoms with Gasteiger partial charge in [0, 0.05) is 0 Å². The molecule has 1 fully saturated rings. The average molecular weight is 366 g/mol.